The Morgan fingerprint density at radius 2 is 2.12 bits per heavy atom. The fraction of sp³-hybridized carbons (Fsp3) is 0.643. The molecule has 0 aromatic carbocycles. The van der Waals surface area contributed by atoms with Gasteiger partial charge in [0.2, 0.25) is 0 Å². The molecule has 1 aliphatic heterocycles. The summed E-state index contributed by atoms with van der Waals surface area (Å²) in [6.45, 7) is 7.53. The van der Waals surface area contributed by atoms with Gasteiger partial charge in [0.25, 0.3) is 0 Å². The van der Waals surface area contributed by atoms with Crippen molar-refractivity contribution in [2.75, 3.05) is 18.0 Å². The van der Waals surface area contributed by atoms with Crippen molar-refractivity contribution in [3.05, 3.63) is 23.9 Å². The predicted octanol–water partition coefficient (Wildman–Crippen LogP) is 2.56. The van der Waals surface area contributed by atoms with Crippen molar-refractivity contribution in [3.63, 3.8) is 0 Å². The van der Waals surface area contributed by atoms with E-state index < -0.39 is 0 Å². The molecular formula is C14H23N3. The maximum atomic E-state index is 5.59. The van der Waals surface area contributed by atoms with Crippen LogP contribution in [-0.2, 0) is 6.54 Å². The van der Waals surface area contributed by atoms with Crippen molar-refractivity contribution in [3.8, 4) is 0 Å². The molecule has 0 amide bonds. The van der Waals surface area contributed by atoms with Gasteiger partial charge in [-0.3, -0.25) is 0 Å². The summed E-state index contributed by atoms with van der Waals surface area (Å²) in [5.41, 5.74) is 7.16. The smallest absolute Gasteiger partial charge is 0.128 e. The predicted molar refractivity (Wildman–Crippen MR) is 72.0 cm³/mol. The van der Waals surface area contributed by atoms with Crippen LogP contribution in [0.5, 0.6) is 0 Å². The number of aromatic nitrogens is 1. The molecule has 0 atom stereocenters. The second kappa shape index (κ2) is 5.05. The third kappa shape index (κ3) is 3.19. The van der Waals surface area contributed by atoms with Crippen molar-refractivity contribution >= 4 is 5.82 Å². The maximum absolute atomic E-state index is 5.59. The van der Waals surface area contributed by atoms with Gasteiger partial charge >= 0.3 is 0 Å². The molecular weight excluding hydrogens is 210 g/mol. The van der Waals surface area contributed by atoms with E-state index in [4.69, 9.17) is 5.73 Å². The van der Waals surface area contributed by atoms with E-state index in [2.05, 4.69) is 35.9 Å². The van der Waals surface area contributed by atoms with E-state index in [1.54, 1.807) is 0 Å². The van der Waals surface area contributed by atoms with E-state index >= 15 is 0 Å². The molecule has 1 aromatic rings. The summed E-state index contributed by atoms with van der Waals surface area (Å²) >= 11 is 0. The lowest BCUT2D eigenvalue weighted by Crippen LogP contribution is -2.25. The molecule has 1 saturated heterocycles. The van der Waals surface area contributed by atoms with Gasteiger partial charge in [-0.1, -0.05) is 19.9 Å². The molecule has 17 heavy (non-hydrogen) atoms. The lowest BCUT2D eigenvalue weighted by atomic mass is 9.85. The van der Waals surface area contributed by atoms with Crippen LogP contribution in [0.4, 0.5) is 5.82 Å². The van der Waals surface area contributed by atoms with Crippen LogP contribution in [0.15, 0.2) is 18.3 Å². The van der Waals surface area contributed by atoms with Gasteiger partial charge in [0.15, 0.2) is 0 Å². The third-order valence-electron chi connectivity index (χ3n) is 3.71. The first-order valence-corrected chi connectivity index (χ1v) is 6.51. The van der Waals surface area contributed by atoms with Crippen LogP contribution < -0.4 is 10.6 Å². The van der Waals surface area contributed by atoms with Crippen molar-refractivity contribution in [1.29, 1.82) is 0 Å². The molecule has 1 aromatic heterocycles. The number of pyridine rings is 1. The van der Waals surface area contributed by atoms with Crippen LogP contribution in [-0.4, -0.2) is 18.1 Å². The highest BCUT2D eigenvalue weighted by Crippen LogP contribution is 2.31. The molecule has 3 nitrogen and oxygen atoms in total. The topological polar surface area (TPSA) is 42.1 Å². The minimum absolute atomic E-state index is 0.478. The van der Waals surface area contributed by atoms with Gasteiger partial charge < -0.3 is 10.6 Å². The van der Waals surface area contributed by atoms with E-state index in [1.807, 2.05) is 6.20 Å². The molecule has 0 bridgehead atoms. The van der Waals surface area contributed by atoms with Gasteiger partial charge in [0, 0.05) is 25.8 Å². The molecule has 2 heterocycles. The SMILES string of the molecule is CC1(C)CCCN(c2ccc(CN)cn2)CC1. The van der Waals surface area contributed by atoms with Gasteiger partial charge in [-0.25, -0.2) is 4.98 Å². The van der Waals surface area contributed by atoms with Crippen LogP contribution in [0.1, 0.15) is 38.7 Å². The number of hydrogen-bond donors (Lipinski definition) is 1. The number of anilines is 1. The van der Waals surface area contributed by atoms with Gasteiger partial charge in [-0.05, 0) is 36.3 Å². The monoisotopic (exact) mass is 233 g/mol. The Morgan fingerprint density at radius 3 is 2.76 bits per heavy atom. The van der Waals surface area contributed by atoms with E-state index in [-0.39, 0.29) is 0 Å². The fourth-order valence-corrected chi connectivity index (χ4v) is 2.38. The van der Waals surface area contributed by atoms with Crippen LogP contribution in [0, 0.1) is 5.41 Å². The standard InChI is InChI=1S/C14H23N3/c1-14(2)6-3-8-17(9-7-14)13-5-4-12(10-15)11-16-13/h4-5,11H,3,6-10,15H2,1-2H3. The van der Waals surface area contributed by atoms with E-state index in [0.29, 0.717) is 12.0 Å². The Morgan fingerprint density at radius 1 is 1.29 bits per heavy atom. The van der Waals surface area contributed by atoms with Crippen LogP contribution in [0.2, 0.25) is 0 Å². The summed E-state index contributed by atoms with van der Waals surface area (Å²) < 4.78 is 0. The first-order chi connectivity index (χ1) is 8.11. The zero-order chi connectivity index (χ0) is 12.3. The van der Waals surface area contributed by atoms with E-state index in [9.17, 15) is 0 Å². The molecule has 2 N–H and O–H groups in total. The molecule has 3 heteroatoms. The lowest BCUT2D eigenvalue weighted by Gasteiger charge is -2.24. The van der Waals surface area contributed by atoms with Crippen molar-refractivity contribution in [2.45, 2.75) is 39.7 Å². The van der Waals surface area contributed by atoms with Crippen LogP contribution in [0.3, 0.4) is 0 Å². The minimum Gasteiger partial charge on any atom is -0.357 e. The van der Waals surface area contributed by atoms with Crippen LogP contribution >= 0.6 is 0 Å². The molecule has 1 fully saturated rings. The Hall–Kier alpha value is -1.09. The Kier molecular flexibility index (Phi) is 3.67. The molecule has 94 valence electrons. The third-order valence-corrected chi connectivity index (χ3v) is 3.71. The Balaban J connectivity index is 2.06. The first-order valence-electron chi connectivity index (χ1n) is 6.51. The summed E-state index contributed by atoms with van der Waals surface area (Å²) in [6, 6.07) is 4.18. The highest BCUT2D eigenvalue weighted by molar-refractivity contribution is 5.39. The summed E-state index contributed by atoms with van der Waals surface area (Å²) in [5.74, 6) is 1.10. The van der Waals surface area contributed by atoms with Gasteiger partial charge in [-0.15, -0.1) is 0 Å². The summed E-state index contributed by atoms with van der Waals surface area (Å²) in [6.07, 6.45) is 5.70. The lowest BCUT2D eigenvalue weighted by molar-refractivity contribution is 0.325. The molecule has 0 unspecified atom stereocenters. The van der Waals surface area contributed by atoms with Gasteiger partial charge in [-0.2, -0.15) is 0 Å². The normalized spacial score (nSPS) is 20.1. The molecule has 0 saturated carbocycles. The average Bonchev–Trinajstić information content (AvgIpc) is 2.50. The number of rotatable bonds is 2. The first kappa shape index (κ1) is 12.4. The Bertz CT molecular complexity index is 356. The molecule has 0 radical (unpaired) electrons. The van der Waals surface area contributed by atoms with Crippen molar-refractivity contribution < 1.29 is 0 Å². The molecule has 0 spiro atoms. The second-order valence-corrected chi connectivity index (χ2v) is 5.73. The highest BCUT2D eigenvalue weighted by Gasteiger charge is 2.23. The summed E-state index contributed by atoms with van der Waals surface area (Å²) in [4.78, 5) is 6.91. The number of hydrogen-bond acceptors (Lipinski definition) is 3. The van der Waals surface area contributed by atoms with E-state index in [1.165, 1.54) is 19.3 Å². The Labute approximate surface area is 104 Å². The molecule has 1 aliphatic rings. The van der Waals surface area contributed by atoms with Crippen molar-refractivity contribution in [1.82, 2.24) is 4.98 Å². The maximum Gasteiger partial charge on any atom is 0.128 e. The largest absolute Gasteiger partial charge is 0.357 e. The summed E-state index contributed by atoms with van der Waals surface area (Å²) in [7, 11) is 0. The average molecular weight is 233 g/mol. The minimum atomic E-state index is 0.478. The zero-order valence-electron chi connectivity index (χ0n) is 10.9. The number of nitrogens with zero attached hydrogens (tertiary/aromatic N) is 2. The highest BCUT2D eigenvalue weighted by atomic mass is 15.2. The summed E-state index contributed by atoms with van der Waals surface area (Å²) in [5, 5.41) is 0. The van der Waals surface area contributed by atoms with Gasteiger partial charge in [0.1, 0.15) is 5.82 Å². The van der Waals surface area contributed by atoms with Crippen molar-refractivity contribution in [2.24, 2.45) is 11.1 Å². The molecule has 0 aliphatic carbocycles. The second-order valence-electron chi connectivity index (χ2n) is 5.73. The van der Waals surface area contributed by atoms with E-state index in [0.717, 1.165) is 24.5 Å². The fourth-order valence-electron chi connectivity index (χ4n) is 2.38. The zero-order valence-corrected chi connectivity index (χ0v) is 10.9. The van der Waals surface area contributed by atoms with Gasteiger partial charge in [0.05, 0.1) is 0 Å². The van der Waals surface area contributed by atoms with Crippen LogP contribution in [0.25, 0.3) is 0 Å². The molecule has 2 rings (SSSR count). The number of nitrogens with two attached hydrogens (primary N) is 1. The quantitative estimate of drug-likeness (QED) is 0.853.